The summed E-state index contributed by atoms with van der Waals surface area (Å²) in [4.78, 5) is 15.5. The van der Waals surface area contributed by atoms with Gasteiger partial charge < -0.3 is 5.11 Å². The van der Waals surface area contributed by atoms with Crippen molar-refractivity contribution in [1.82, 2.24) is 9.80 Å². The Kier molecular flexibility index (Phi) is 6.40. The molecular formula is C18H28N2O2. The minimum Gasteiger partial charge on any atom is -0.480 e. The third kappa shape index (κ3) is 5.43. The molecule has 122 valence electrons. The van der Waals surface area contributed by atoms with Crippen molar-refractivity contribution in [1.29, 1.82) is 0 Å². The maximum atomic E-state index is 10.9. The molecule has 1 aromatic carbocycles. The molecule has 1 saturated heterocycles. The predicted molar refractivity (Wildman–Crippen MR) is 88.8 cm³/mol. The van der Waals surface area contributed by atoms with Crippen molar-refractivity contribution >= 4 is 5.97 Å². The summed E-state index contributed by atoms with van der Waals surface area (Å²) in [5.74, 6) is -0.148. The molecule has 22 heavy (non-hydrogen) atoms. The number of carboxylic acid groups (broad SMARTS) is 1. The van der Waals surface area contributed by atoms with Gasteiger partial charge in [-0.15, -0.1) is 0 Å². The highest BCUT2D eigenvalue weighted by Crippen LogP contribution is 2.20. The molecule has 1 aliphatic rings. The zero-order chi connectivity index (χ0) is 15.9. The van der Waals surface area contributed by atoms with Gasteiger partial charge in [-0.3, -0.25) is 14.6 Å². The molecule has 1 aliphatic heterocycles. The highest BCUT2D eigenvalue weighted by molar-refractivity contribution is 5.69. The number of carbonyl (C=O) groups is 1. The number of nitrogens with zero attached hydrogens (tertiary/aromatic N) is 2. The van der Waals surface area contributed by atoms with Crippen molar-refractivity contribution in [2.24, 2.45) is 5.92 Å². The predicted octanol–water partition coefficient (Wildman–Crippen LogP) is 2.69. The Morgan fingerprint density at radius 3 is 2.73 bits per heavy atom. The number of aliphatic carboxylic acids is 1. The highest BCUT2D eigenvalue weighted by atomic mass is 16.4. The SMILES string of the molecule is CC(C)N(Cc1ccccc1)C[C@H]1CCCN(CC(=O)O)C1. The van der Waals surface area contributed by atoms with Gasteiger partial charge in [0.2, 0.25) is 0 Å². The molecule has 0 amide bonds. The second kappa shape index (κ2) is 8.30. The molecule has 1 fully saturated rings. The molecule has 0 saturated carbocycles. The lowest BCUT2D eigenvalue weighted by atomic mass is 9.96. The molecule has 4 nitrogen and oxygen atoms in total. The zero-order valence-corrected chi connectivity index (χ0v) is 13.7. The molecule has 1 heterocycles. The summed E-state index contributed by atoms with van der Waals surface area (Å²) >= 11 is 0. The highest BCUT2D eigenvalue weighted by Gasteiger charge is 2.24. The molecule has 4 heteroatoms. The lowest BCUT2D eigenvalue weighted by molar-refractivity contribution is -0.138. The number of carboxylic acids is 1. The number of benzene rings is 1. The first-order chi connectivity index (χ1) is 10.5. The van der Waals surface area contributed by atoms with Crippen LogP contribution in [0.4, 0.5) is 0 Å². The maximum absolute atomic E-state index is 10.9. The van der Waals surface area contributed by atoms with E-state index in [1.807, 2.05) is 6.07 Å². The summed E-state index contributed by atoms with van der Waals surface area (Å²) in [7, 11) is 0. The molecule has 2 rings (SSSR count). The van der Waals surface area contributed by atoms with Crippen molar-refractivity contribution in [3.63, 3.8) is 0 Å². The van der Waals surface area contributed by atoms with E-state index >= 15 is 0 Å². The van der Waals surface area contributed by atoms with Crippen LogP contribution in [0.1, 0.15) is 32.3 Å². The normalized spacial score (nSPS) is 19.7. The Morgan fingerprint density at radius 1 is 1.36 bits per heavy atom. The molecule has 0 spiro atoms. The van der Waals surface area contributed by atoms with Gasteiger partial charge in [-0.25, -0.2) is 0 Å². The molecule has 0 unspecified atom stereocenters. The van der Waals surface area contributed by atoms with Crippen molar-refractivity contribution < 1.29 is 9.90 Å². The minimum atomic E-state index is -0.717. The molecule has 0 aliphatic carbocycles. The smallest absolute Gasteiger partial charge is 0.317 e. The first-order valence-electron chi connectivity index (χ1n) is 8.26. The van der Waals surface area contributed by atoms with Crippen LogP contribution in [-0.4, -0.2) is 53.1 Å². The summed E-state index contributed by atoms with van der Waals surface area (Å²) in [5, 5.41) is 8.96. The van der Waals surface area contributed by atoms with E-state index in [0.717, 1.165) is 32.6 Å². The van der Waals surface area contributed by atoms with Crippen LogP contribution in [0, 0.1) is 5.92 Å². The Bertz CT molecular complexity index is 461. The first kappa shape index (κ1) is 17.0. The van der Waals surface area contributed by atoms with Crippen molar-refractivity contribution in [2.75, 3.05) is 26.2 Å². The minimum absolute atomic E-state index is 0.177. The summed E-state index contributed by atoms with van der Waals surface area (Å²) in [6, 6.07) is 11.1. The third-order valence-electron chi connectivity index (χ3n) is 4.41. The summed E-state index contributed by atoms with van der Waals surface area (Å²) in [6.45, 7) is 8.49. The van der Waals surface area contributed by atoms with E-state index in [4.69, 9.17) is 5.11 Å². The Morgan fingerprint density at radius 2 is 2.09 bits per heavy atom. The fourth-order valence-corrected chi connectivity index (χ4v) is 3.24. The number of hydrogen-bond acceptors (Lipinski definition) is 3. The zero-order valence-electron chi connectivity index (χ0n) is 13.7. The first-order valence-corrected chi connectivity index (χ1v) is 8.26. The van der Waals surface area contributed by atoms with Gasteiger partial charge in [-0.05, 0) is 44.7 Å². The summed E-state index contributed by atoms with van der Waals surface area (Å²) < 4.78 is 0. The van der Waals surface area contributed by atoms with Crippen LogP contribution in [0.3, 0.4) is 0 Å². The van der Waals surface area contributed by atoms with Gasteiger partial charge in [0, 0.05) is 25.7 Å². The van der Waals surface area contributed by atoms with Gasteiger partial charge in [0.25, 0.3) is 0 Å². The second-order valence-corrected chi connectivity index (χ2v) is 6.65. The lowest BCUT2D eigenvalue weighted by Gasteiger charge is -2.36. The van der Waals surface area contributed by atoms with Gasteiger partial charge in [-0.1, -0.05) is 30.3 Å². The molecule has 0 aromatic heterocycles. The van der Waals surface area contributed by atoms with Crippen LogP contribution in [0.2, 0.25) is 0 Å². The van der Waals surface area contributed by atoms with Crippen LogP contribution >= 0.6 is 0 Å². The van der Waals surface area contributed by atoms with E-state index in [-0.39, 0.29) is 6.54 Å². The standard InChI is InChI=1S/C18H28N2O2/c1-15(2)20(12-16-7-4-3-5-8-16)13-17-9-6-10-19(11-17)14-18(21)22/h3-5,7-8,15,17H,6,9-14H2,1-2H3,(H,21,22)/t17-/m0/s1. The topological polar surface area (TPSA) is 43.8 Å². The van der Waals surface area contributed by atoms with E-state index < -0.39 is 5.97 Å². The maximum Gasteiger partial charge on any atom is 0.317 e. The number of likely N-dealkylation sites (tertiary alicyclic amines) is 1. The van der Waals surface area contributed by atoms with E-state index in [1.54, 1.807) is 0 Å². The van der Waals surface area contributed by atoms with Gasteiger partial charge in [0.1, 0.15) is 0 Å². The molecule has 1 N–H and O–H groups in total. The van der Waals surface area contributed by atoms with Gasteiger partial charge in [0.15, 0.2) is 0 Å². The molecule has 0 bridgehead atoms. The van der Waals surface area contributed by atoms with E-state index in [1.165, 1.54) is 12.0 Å². The molecule has 1 aromatic rings. The van der Waals surface area contributed by atoms with Gasteiger partial charge in [-0.2, -0.15) is 0 Å². The van der Waals surface area contributed by atoms with Crippen molar-refractivity contribution in [2.45, 2.75) is 39.3 Å². The molecular weight excluding hydrogens is 276 g/mol. The number of rotatable bonds is 7. The Hall–Kier alpha value is -1.39. The van der Waals surface area contributed by atoms with Gasteiger partial charge in [0.05, 0.1) is 6.54 Å². The van der Waals surface area contributed by atoms with Crippen LogP contribution in [0.15, 0.2) is 30.3 Å². The summed E-state index contributed by atoms with van der Waals surface area (Å²) in [6.07, 6.45) is 2.31. The lowest BCUT2D eigenvalue weighted by Crippen LogP contribution is -2.44. The Balaban J connectivity index is 1.91. The number of hydrogen-bond donors (Lipinski definition) is 1. The quantitative estimate of drug-likeness (QED) is 0.841. The van der Waals surface area contributed by atoms with Crippen LogP contribution in [-0.2, 0) is 11.3 Å². The summed E-state index contributed by atoms with van der Waals surface area (Å²) in [5.41, 5.74) is 1.34. The largest absolute Gasteiger partial charge is 0.480 e. The van der Waals surface area contributed by atoms with E-state index in [9.17, 15) is 4.79 Å². The average molecular weight is 304 g/mol. The van der Waals surface area contributed by atoms with Crippen molar-refractivity contribution in [3.8, 4) is 0 Å². The van der Waals surface area contributed by atoms with E-state index in [2.05, 4.69) is 47.9 Å². The fraction of sp³-hybridized carbons (Fsp3) is 0.611. The monoisotopic (exact) mass is 304 g/mol. The van der Waals surface area contributed by atoms with Gasteiger partial charge >= 0.3 is 5.97 Å². The fourth-order valence-electron chi connectivity index (χ4n) is 3.24. The molecule has 0 radical (unpaired) electrons. The average Bonchev–Trinajstić information content (AvgIpc) is 2.47. The second-order valence-electron chi connectivity index (χ2n) is 6.65. The molecule has 1 atom stereocenters. The van der Waals surface area contributed by atoms with Crippen molar-refractivity contribution in [3.05, 3.63) is 35.9 Å². The van der Waals surface area contributed by atoms with E-state index in [0.29, 0.717) is 12.0 Å². The third-order valence-corrected chi connectivity index (χ3v) is 4.41. The van der Waals surface area contributed by atoms with Crippen LogP contribution in [0.5, 0.6) is 0 Å². The Labute approximate surface area is 133 Å². The van der Waals surface area contributed by atoms with Crippen LogP contribution in [0.25, 0.3) is 0 Å². The van der Waals surface area contributed by atoms with Crippen LogP contribution < -0.4 is 0 Å². The number of piperidine rings is 1.